The topological polar surface area (TPSA) is 81.4 Å². The van der Waals surface area contributed by atoms with E-state index in [0.717, 1.165) is 0 Å². The van der Waals surface area contributed by atoms with Gasteiger partial charge in [-0.2, -0.15) is 0 Å². The summed E-state index contributed by atoms with van der Waals surface area (Å²) < 4.78 is 9.45. The Kier molecular flexibility index (Phi) is 4.33. The number of rotatable bonds is 5. The molecule has 1 aromatic rings. The van der Waals surface area contributed by atoms with Gasteiger partial charge in [-0.1, -0.05) is 0 Å². The van der Waals surface area contributed by atoms with E-state index in [1.54, 1.807) is 6.92 Å². The maximum absolute atomic E-state index is 11.2. The number of amides is 1. The Morgan fingerprint density at radius 3 is 3.00 bits per heavy atom. The molecule has 0 bridgehead atoms. The lowest BCUT2D eigenvalue weighted by Gasteiger charge is -2.02. The van der Waals surface area contributed by atoms with E-state index in [1.165, 1.54) is 12.6 Å². The predicted octanol–water partition coefficient (Wildman–Crippen LogP) is 0.358. The van der Waals surface area contributed by atoms with Crippen LogP contribution in [0.3, 0.4) is 0 Å². The highest BCUT2D eigenvalue weighted by Crippen LogP contribution is 1.95. The molecular weight excluding hydrogens is 200 g/mol. The Bertz CT molecular complexity index is 321. The van der Waals surface area contributed by atoms with Crippen molar-refractivity contribution in [3.05, 3.63) is 18.4 Å². The maximum Gasteiger partial charge on any atom is 0.307 e. The Morgan fingerprint density at radius 2 is 2.40 bits per heavy atom. The van der Waals surface area contributed by atoms with Crippen LogP contribution >= 0.6 is 0 Å². The molecule has 0 aliphatic carbocycles. The third-order valence-electron chi connectivity index (χ3n) is 1.58. The van der Waals surface area contributed by atoms with Crippen LogP contribution in [0, 0.1) is 0 Å². The molecule has 1 amide bonds. The van der Waals surface area contributed by atoms with Gasteiger partial charge < -0.3 is 14.5 Å². The lowest BCUT2D eigenvalue weighted by molar-refractivity contribution is -0.142. The van der Waals surface area contributed by atoms with Crippen molar-refractivity contribution in [2.75, 3.05) is 13.2 Å². The van der Waals surface area contributed by atoms with Gasteiger partial charge in [0.1, 0.15) is 0 Å². The van der Waals surface area contributed by atoms with Crippen molar-refractivity contribution in [2.45, 2.75) is 13.3 Å². The van der Waals surface area contributed by atoms with Crippen molar-refractivity contribution in [1.29, 1.82) is 0 Å². The minimum atomic E-state index is -0.392. The van der Waals surface area contributed by atoms with Gasteiger partial charge in [0.15, 0.2) is 6.39 Å². The summed E-state index contributed by atoms with van der Waals surface area (Å²) in [5.74, 6) is -0.606. The minimum Gasteiger partial charge on any atom is -0.466 e. The fourth-order valence-electron chi connectivity index (χ4n) is 0.926. The van der Waals surface area contributed by atoms with Crippen LogP contribution in [0.2, 0.25) is 0 Å². The van der Waals surface area contributed by atoms with E-state index in [-0.39, 0.29) is 24.7 Å². The number of nitrogens with zero attached hydrogens (tertiary/aromatic N) is 1. The molecule has 0 saturated carbocycles. The Morgan fingerprint density at radius 1 is 1.60 bits per heavy atom. The third-order valence-corrected chi connectivity index (χ3v) is 1.58. The molecule has 1 rings (SSSR count). The molecule has 1 N–H and O–H groups in total. The zero-order chi connectivity index (χ0) is 11.1. The summed E-state index contributed by atoms with van der Waals surface area (Å²) in [6, 6.07) is 0. The average molecular weight is 212 g/mol. The van der Waals surface area contributed by atoms with Crippen molar-refractivity contribution >= 4 is 11.9 Å². The van der Waals surface area contributed by atoms with Gasteiger partial charge in [-0.05, 0) is 6.92 Å². The van der Waals surface area contributed by atoms with E-state index < -0.39 is 5.91 Å². The van der Waals surface area contributed by atoms with Gasteiger partial charge in [0.25, 0.3) is 5.91 Å². The number of oxazole rings is 1. The molecule has 0 atom stereocenters. The molecular formula is C9H12N2O4. The number of esters is 1. The predicted molar refractivity (Wildman–Crippen MR) is 50.1 cm³/mol. The van der Waals surface area contributed by atoms with Crippen LogP contribution in [0.5, 0.6) is 0 Å². The van der Waals surface area contributed by atoms with Crippen molar-refractivity contribution in [3.63, 3.8) is 0 Å². The Balaban J connectivity index is 2.21. The zero-order valence-electron chi connectivity index (χ0n) is 8.36. The number of ether oxygens (including phenoxy) is 1. The number of carbonyl (C=O) groups excluding carboxylic acids is 2. The zero-order valence-corrected chi connectivity index (χ0v) is 8.36. The molecule has 1 aromatic heterocycles. The molecule has 1 heterocycles. The first-order valence-corrected chi connectivity index (χ1v) is 4.56. The van der Waals surface area contributed by atoms with E-state index in [0.29, 0.717) is 6.61 Å². The fourth-order valence-corrected chi connectivity index (χ4v) is 0.926. The van der Waals surface area contributed by atoms with E-state index in [9.17, 15) is 9.59 Å². The summed E-state index contributed by atoms with van der Waals surface area (Å²) in [6.45, 7) is 2.29. The summed E-state index contributed by atoms with van der Waals surface area (Å²) in [5, 5.41) is 2.50. The number of carbonyl (C=O) groups is 2. The first-order valence-electron chi connectivity index (χ1n) is 4.56. The van der Waals surface area contributed by atoms with Gasteiger partial charge in [-0.15, -0.1) is 0 Å². The molecule has 0 aromatic carbocycles. The highest BCUT2D eigenvalue weighted by Gasteiger charge is 2.09. The molecule has 0 saturated heterocycles. The fraction of sp³-hybridized carbons (Fsp3) is 0.444. The molecule has 0 aliphatic rings. The van der Waals surface area contributed by atoms with E-state index in [2.05, 4.69) is 15.0 Å². The Labute approximate surface area is 86.6 Å². The molecule has 0 spiro atoms. The van der Waals surface area contributed by atoms with Gasteiger partial charge in [-0.3, -0.25) is 9.59 Å². The lowest BCUT2D eigenvalue weighted by Crippen LogP contribution is -2.26. The highest BCUT2D eigenvalue weighted by molar-refractivity contribution is 5.91. The summed E-state index contributed by atoms with van der Waals surface area (Å²) >= 11 is 0. The lowest BCUT2D eigenvalue weighted by atomic mass is 10.4. The molecule has 0 aliphatic heterocycles. The molecule has 6 heteroatoms. The molecule has 15 heavy (non-hydrogen) atoms. The first kappa shape index (κ1) is 11.2. The summed E-state index contributed by atoms with van der Waals surface area (Å²) in [7, 11) is 0. The molecule has 0 unspecified atom stereocenters. The normalized spacial score (nSPS) is 9.67. The first-order chi connectivity index (χ1) is 7.24. The van der Waals surface area contributed by atoms with Gasteiger partial charge >= 0.3 is 5.97 Å². The van der Waals surface area contributed by atoms with Gasteiger partial charge in [-0.25, -0.2) is 4.98 Å². The number of hydrogen-bond donors (Lipinski definition) is 1. The van der Waals surface area contributed by atoms with Crippen molar-refractivity contribution < 1.29 is 18.7 Å². The molecule has 82 valence electrons. The van der Waals surface area contributed by atoms with Crippen LogP contribution in [-0.4, -0.2) is 30.0 Å². The largest absolute Gasteiger partial charge is 0.466 e. The van der Waals surface area contributed by atoms with E-state index in [4.69, 9.17) is 4.42 Å². The molecule has 0 radical (unpaired) electrons. The average Bonchev–Trinajstić information content (AvgIpc) is 2.70. The SMILES string of the molecule is CCOC(=O)CCNC(=O)c1cnco1. The number of aromatic nitrogens is 1. The maximum atomic E-state index is 11.2. The number of nitrogens with one attached hydrogen (secondary N) is 1. The third kappa shape index (κ3) is 3.80. The van der Waals surface area contributed by atoms with Gasteiger partial charge in [0.2, 0.25) is 5.76 Å². The van der Waals surface area contributed by atoms with Crippen LogP contribution < -0.4 is 5.32 Å². The summed E-state index contributed by atoms with van der Waals surface area (Å²) in [4.78, 5) is 25.7. The van der Waals surface area contributed by atoms with Crippen molar-refractivity contribution in [1.82, 2.24) is 10.3 Å². The van der Waals surface area contributed by atoms with Crippen LogP contribution in [0.25, 0.3) is 0 Å². The van der Waals surface area contributed by atoms with Crippen LogP contribution in [0.1, 0.15) is 23.9 Å². The van der Waals surface area contributed by atoms with E-state index in [1.807, 2.05) is 0 Å². The van der Waals surface area contributed by atoms with Crippen molar-refractivity contribution in [3.8, 4) is 0 Å². The van der Waals surface area contributed by atoms with Crippen molar-refractivity contribution in [2.24, 2.45) is 0 Å². The second-order valence-electron chi connectivity index (χ2n) is 2.68. The highest BCUT2D eigenvalue weighted by atomic mass is 16.5. The van der Waals surface area contributed by atoms with Crippen LogP contribution in [-0.2, 0) is 9.53 Å². The smallest absolute Gasteiger partial charge is 0.307 e. The number of hydrogen-bond acceptors (Lipinski definition) is 5. The quantitative estimate of drug-likeness (QED) is 0.712. The molecule has 0 fully saturated rings. The Hall–Kier alpha value is -1.85. The second-order valence-corrected chi connectivity index (χ2v) is 2.68. The van der Waals surface area contributed by atoms with E-state index >= 15 is 0 Å². The summed E-state index contributed by atoms with van der Waals surface area (Å²) in [6.07, 6.45) is 2.62. The van der Waals surface area contributed by atoms with Crippen LogP contribution in [0.4, 0.5) is 0 Å². The second kappa shape index (κ2) is 5.79. The van der Waals surface area contributed by atoms with Gasteiger partial charge in [0, 0.05) is 6.54 Å². The standard InChI is InChI=1S/C9H12N2O4/c1-2-14-8(12)3-4-11-9(13)7-5-10-6-15-7/h5-6H,2-4H2,1H3,(H,11,13). The minimum absolute atomic E-state index is 0.124. The summed E-state index contributed by atoms with van der Waals surface area (Å²) in [5.41, 5.74) is 0. The van der Waals surface area contributed by atoms with Crippen LogP contribution in [0.15, 0.2) is 17.0 Å². The monoisotopic (exact) mass is 212 g/mol. The van der Waals surface area contributed by atoms with Gasteiger partial charge in [0.05, 0.1) is 19.2 Å². The molecule has 6 nitrogen and oxygen atoms in total.